The number of ether oxygens (including phenoxy) is 1. The van der Waals surface area contributed by atoms with Crippen LogP contribution < -0.4 is 0 Å². The van der Waals surface area contributed by atoms with Crippen LogP contribution in [-0.4, -0.2) is 35.5 Å². The number of nitrogens with zero attached hydrogens (tertiary/aromatic N) is 2. The first kappa shape index (κ1) is 16.2. The molecule has 1 atom stereocenters. The van der Waals surface area contributed by atoms with Crippen molar-refractivity contribution in [1.29, 1.82) is 0 Å². The van der Waals surface area contributed by atoms with Crippen molar-refractivity contribution in [2.75, 3.05) is 19.8 Å². The van der Waals surface area contributed by atoms with E-state index >= 15 is 0 Å². The average Bonchev–Trinajstić information content (AvgIpc) is 3.00. The molecule has 0 spiro atoms. The Hall–Kier alpha value is -2.67. The lowest BCUT2D eigenvalue weighted by atomic mass is 10.0. The minimum absolute atomic E-state index is 0.0239. The van der Waals surface area contributed by atoms with Crippen LogP contribution in [0.1, 0.15) is 33.5 Å². The van der Waals surface area contributed by atoms with Crippen LogP contribution in [0.15, 0.2) is 34.7 Å². The molecule has 126 valence electrons. The van der Waals surface area contributed by atoms with Gasteiger partial charge in [0.25, 0.3) is 11.6 Å². The van der Waals surface area contributed by atoms with E-state index in [1.165, 1.54) is 18.2 Å². The van der Waals surface area contributed by atoms with Crippen LogP contribution in [0.3, 0.4) is 0 Å². The van der Waals surface area contributed by atoms with Gasteiger partial charge in [0.1, 0.15) is 17.6 Å². The second kappa shape index (κ2) is 6.45. The molecule has 0 N–H and O–H groups in total. The van der Waals surface area contributed by atoms with E-state index in [0.29, 0.717) is 36.6 Å². The van der Waals surface area contributed by atoms with Gasteiger partial charge in [0.2, 0.25) is 0 Å². The largest absolute Gasteiger partial charge is 0.464 e. The Morgan fingerprint density at radius 1 is 1.29 bits per heavy atom. The number of rotatable bonds is 3. The molecule has 1 aromatic heterocycles. The Balaban J connectivity index is 1.91. The van der Waals surface area contributed by atoms with E-state index in [9.17, 15) is 14.9 Å². The minimum Gasteiger partial charge on any atom is -0.464 e. The van der Waals surface area contributed by atoms with Crippen molar-refractivity contribution in [3.8, 4) is 0 Å². The highest BCUT2D eigenvalue weighted by Crippen LogP contribution is 2.28. The molecule has 1 amide bonds. The SMILES string of the molecule is Cc1ccc([C@H]2COCCN2C(=O)c2ccc([N+](=O)[O-])cc2C)o1. The van der Waals surface area contributed by atoms with Crippen LogP contribution in [0.4, 0.5) is 5.69 Å². The molecule has 0 unspecified atom stereocenters. The van der Waals surface area contributed by atoms with Crippen LogP contribution in [0.25, 0.3) is 0 Å². The van der Waals surface area contributed by atoms with Crippen molar-refractivity contribution in [2.24, 2.45) is 0 Å². The summed E-state index contributed by atoms with van der Waals surface area (Å²) in [5.41, 5.74) is 1.01. The summed E-state index contributed by atoms with van der Waals surface area (Å²) in [6.45, 7) is 4.81. The number of amides is 1. The summed E-state index contributed by atoms with van der Waals surface area (Å²) >= 11 is 0. The van der Waals surface area contributed by atoms with Gasteiger partial charge in [-0.2, -0.15) is 0 Å². The monoisotopic (exact) mass is 330 g/mol. The molecule has 24 heavy (non-hydrogen) atoms. The van der Waals surface area contributed by atoms with Crippen molar-refractivity contribution < 1.29 is 18.9 Å². The van der Waals surface area contributed by atoms with Crippen LogP contribution in [0, 0.1) is 24.0 Å². The molecule has 2 heterocycles. The first-order valence-electron chi connectivity index (χ1n) is 7.67. The van der Waals surface area contributed by atoms with Crippen LogP contribution in [0.5, 0.6) is 0 Å². The number of non-ortho nitro benzene ring substituents is 1. The molecule has 2 aromatic rings. The predicted octanol–water partition coefficient (Wildman–Crippen LogP) is 3.02. The first-order valence-corrected chi connectivity index (χ1v) is 7.67. The molecular weight excluding hydrogens is 312 g/mol. The number of furan rings is 1. The van der Waals surface area contributed by atoms with Gasteiger partial charge in [0, 0.05) is 24.2 Å². The summed E-state index contributed by atoms with van der Waals surface area (Å²) < 4.78 is 11.2. The summed E-state index contributed by atoms with van der Waals surface area (Å²) in [5, 5.41) is 10.9. The Morgan fingerprint density at radius 2 is 2.08 bits per heavy atom. The number of hydrogen-bond donors (Lipinski definition) is 0. The van der Waals surface area contributed by atoms with Crippen LogP contribution in [0.2, 0.25) is 0 Å². The molecule has 1 aliphatic rings. The maximum absolute atomic E-state index is 13.0. The number of hydrogen-bond acceptors (Lipinski definition) is 5. The normalized spacial score (nSPS) is 17.8. The highest BCUT2D eigenvalue weighted by molar-refractivity contribution is 5.96. The van der Waals surface area contributed by atoms with E-state index in [1.807, 2.05) is 19.1 Å². The van der Waals surface area contributed by atoms with E-state index in [1.54, 1.807) is 11.8 Å². The van der Waals surface area contributed by atoms with Gasteiger partial charge in [-0.25, -0.2) is 0 Å². The number of nitro groups is 1. The zero-order chi connectivity index (χ0) is 17.3. The van der Waals surface area contributed by atoms with Gasteiger partial charge >= 0.3 is 0 Å². The second-order valence-corrected chi connectivity index (χ2v) is 5.79. The molecule has 1 aliphatic heterocycles. The third kappa shape index (κ3) is 3.03. The number of morpholine rings is 1. The fourth-order valence-corrected chi connectivity index (χ4v) is 2.87. The van der Waals surface area contributed by atoms with Gasteiger partial charge in [0.15, 0.2) is 0 Å². The molecule has 0 aliphatic carbocycles. The van der Waals surface area contributed by atoms with Crippen molar-refractivity contribution in [3.63, 3.8) is 0 Å². The van der Waals surface area contributed by atoms with Crippen molar-refractivity contribution in [2.45, 2.75) is 19.9 Å². The maximum Gasteiger partial charge on any atom is 0.269 e. The molecule has 3 rings (SSSR count). The zero-order valence-corrected chi connectivity index (χ0v) is 13.5. The quantitative estimate of drug-likeness (QED) is 0.638. The Kier molecular flexibility index (Phi) is 4.35. The number of aryl methyl sites for hydroxylation is 2. The number of benzene rings is 1. The molecule has 7 nitrogen and oxygen atoms in total. The van der Waals surface area contributed by atoms with Crippen molar-refractivity contribution >= 4 is 11.6 Å². The molecule has 1 fully saturated rings. The highest BCUT2D eigenvalue weighted by Gasteiger charge is 2.32. The lowest BCUT2D eigenvalue weighted by Gasteiger charge is -2.34. The van der Waals surface area contributed by atoms with E-state index in [4.69, 9.17) is 9.15 Å². The van der Waals surface area contributed by atoms with Gasteiger partial charge in [-0.3, -0.25) is 14.9 Å². The van der Waals surface area contributed by atoms with E-state index < -0.39 is 4.92 Å². The lowest BCUT2D eigenvalue weighted by Crippen LogP contribution is -2.43. The molecule has 0 saturated carbocycles. The summed E-state index contributed by atoms with van der Waals surface area (Å²) in [6.07, 6.45) is 0. The standard InChI is InChI=1S/C17H18N2O5/c1-11-9-13(19(21)22)4-5-14(11)17(20)18-7-8-23-10-15(18)16-6-3-12(2)24-16/h3-6,9,15H,7-8,10H2,1-2H3/t15-/m1/s1. The van der Waals surface area contributed by atoms with Crippen LogP contribution in [-0.2, 0) is 4.74 Å². The lowest BCUT2D eigenvalue weighted by molar-refractivity contribution is -0.384. The molecule has 1 aromatic carbocycles. The van der Waals surface area contributed by atoms with E-state index in [2.05, 4.69) is 0 Å². The van der Waals surface area contributed by atoms with E-state index in [0.717, 1.165) is 5.76 Å². The second-order valence-electron chi connectivity index (χ2n) is 5.79. The first-order chi connectivity index (χ1) is 11.5. The number of carbonyl (C=O) groups is 1. The maximum atomic E-state index is 13.0. The topological polar surface area (TPSA) is 85.8 Å². The van der Waals surface area contributed by atoms with Gasteiger partial charge in [-0.15, -0.1) is 0 Å². The molecular formula is C17H18N2O5. The van der Waals surface area contributed by atoms with Gasteiger partial charge in [-0.1, -0.05) is 0 Å². The van der Waals surface area contributed by atoms with Gasteiger partial charge in [0.05, 0.1) is 18.1 Å². The van der Waals surface area contributed by atoms with E-state index in [-0.39, 0.29) is 17.6 Å². The number of carbonyl (C=O) groups excluding carboxylic acids is 1. The van der Waals surface area contributed by atoms with Gasteiger partial charge in [-0.05, 0) is 37.6 Å². The van der Waals surface area contributed by atoms with Crippen LogP contribution >= 0.6 is 0 Å². The van der Waals surface area contributed by atoms with Gasteiger partial charge < -0.3 is 14.1 Å². The molecule has 1 saturated heterocycles. The zero-order valence-electron chi connectivity index (χ0n) is 13.5. The Morgan fingerprint density at radius 3 is 2.71 bits per heavy atom. The third-order valence-electron chi connectivity index (χ3n) is 4.13. The molecule has 0 bridgehead atoms. The Bertz CT molecular complexity index is 783. The smallest absolute Gasteiger partial charge is 0.269 e. The highest BCUT2D eigenvalue weighted by atomic mass is 16.6. The van der Waals surface area contributed by atoms with Crippen molar-refractivity contribution in [3.05, 3.63) is 63.1 Å². The molecule has 0 radical (unpaired) electrons. The Labute approximate surface area is 139 Å². The third-order valence-corrected chi connectivity index (χ3v) is 4.13. The summed E-state index contributed by atoms with van der Waals surface area (Å²) in [7, 11) is 0. The average molecular weight is 330 g/mol. The number of nitro benzene ring substituents is 1. The molecule has 7 heteroatoms. The fourth-order valence-electron chi connectivity index (χ4n) is 2.87. The fraction of sp³-hybridized carbons (Fsp3) is 0.353. The minimum atomic E-state index is -0.468. The van der Waals surface area contributed by atoms with Crippen molar-refractivity contribution in [1.82, 2.24) is 4.90 Å². The summed E-state index contributed by atoms with van der Waals surface area (Å²) in [5.74, 6) is 1.28. The summed E-state index contributed by atoms with van der Waals surface area (Å²) in [4.78, 5) is 25.0. The predicted molar refractivity (Wildman–Crippen MR) is 85.9 cm³/mol. The summed E-state index contributed by atoms with van der Waals surface area (Å²) in [6, 6.07) is 7.68.